The third-order valence-electron chi connectivity index (χ3n) is 3.37. The smallest absolute Gasteiger partial charge is 0.319 e. The summed E-state index contributed by atoms with van der Waals surface area (Å²) in [6, 6.07) is 14.8. The first-order chi connectivity index (χ1) is 12.5. The van der Waals surface area contributed by atoms with Gasteiger partial charge < -0.3 is 10.1 Å². The van der Waals surface area contributed by atoms with Crippen molar-refractivity contribution < 1.29 is 14.3 Å². The lowest BCUT2D eigenvalue weighted by atomic mass is 10.2. The van der Waals surface area contributed by atoms with E-state index in [2.05, 4.69) is 5.32 Å². The standard InChI is InChI=1S/C19H18N2O3S2/c1-13-10-16(25-12-20)8-9-17(13)21-18(22)11-24-19(23)14(2)26-15-6-4-3-5-7-15/h3-10,14H,11H2,1-2H3,(H,21,22)/t14-/m0/s1. The molecule has 0 radical (unpaired) electrons. The number of hydrogen-bond donors (Lipinski definition) is 1. The number of aryl methyl sites for hydroxylation is 1. The number of thioether (sulfide) groups is 2. The molecule has 0 saturated carbocycles. The van der Waals surface area contributed by atoms with Crippen molar-refractivity contribution in [1.29, 1.82) is 5.26 Å². The fraction of sp³-hybridized carbons (Fsp3) is 0.211. The topological polar surface area (TPSA) is 79.2 Å². The highest BCUT2D eigenvalue weighted by molar-refractivity contribution is 8.03. The van der Waals surface area contributed by atoms with Crippen molar-refractivity contribution in [3.63, 3.8) is 0 Å². The number of benzene rings is 2. The molecule has 0 aliphatic heterocycles. The Bertz CT molecular complexity index is 819. The number of carbonyl (C=O) groups excluding carboxylic acids is 2. The van der Waals surface area contributed by atoms with E-state index in [1.54, 1.807) is 19.1 Å². The molecule has 0 bridgehead atoms. The summed E-state index contributed by atoms with van der Waals surface area (Å²) in [6.07, 6.45) is 0. The minimum atomic E-state index is -0.438. The molecule has 2 aromatic rings. The van der Waals surface area contributed by atoms with E-state index in [0.717, 1.165) is 27.1 Å². The number of carbonyl (C=O) groups is 2. The molecule has 0 spiro atoms. The summed E-state index contributed by atoms with van der Waals surface area (Å²) < 4.78 is 5.09. The zero-order valence-electron chi connectivity index (χ0n) is 14.4. The fourth-order valence-corrected chi connectivity index (χ4v) is 3.45. The van der Waals surface area contributed by atoms with E-state index in [9.17, 15) is 9.59 Å². The predicted octanol–water partition coefficient (Wildman–Crippen LogP) is 4.23. The normalized spacial score (nSPS) is 11.3. The second-order valence-corrected chi connectivity index (χ2v) is 7.67. The fourth-order valence-electron chi connectivity index (χ4n) is 2.08. The zero-order valence-corrected chi connectivity index (χ0v) is 16.0. The number of nitrogens with one attached hydrogen (secondary N) is 1. The van der Waals surface area contributed by atoms with Crippen LogP contribution in [0.4, 0.5) is 5.69 Å². The summed E-state index contributed by atoms with van der Waals surface area (Å²) in [5.41, 5.74) is 1.46. The van der Waals surface area contributed by atoms with Gasteiger partial charge in [-0.3, -0.25) is 9.59 Å². The summed E-state index contributed by atoms with van der Waals surface area (Å²) >= 11 is 2.44. The van der Waals surface area contributed by atoms with Crippen molar-refractivity contribution in [3.8, 4) is 5.40 Å². The van der Waals surface area contributed by atoms with Gasteiger partial charge in [0.25, 0.3) is 5.91 Å². The van der Waals surface area contributed by atoms with Gasteiger partial charge in [-0.15, -0.1) is 11.8 Å². The van der Waals surface area contributed by atoms with Crippen molar-refractivity contribution in [2.45, 2.75) is 28.9 Å². The lowest BCUT2D eigenvalue weighted by molar-refractivity contribution is -0.146. The molecule has 26 heavy (non-hydrogen) atoms. The van der Waals surface area contributed by atoms with Crippen LogP contribution in [0.5, 0.6) is 0 Å². The Balaban J connectivity index is 1.82. The van der Waals surface area contributed by atoms with Crippen molar-refractivity contribution in [3.05, 3.63) is 54.1 Å². The van der Waals surface area contributed by atoms with E-state index in [1.165, 1.54) is 11.8 Å². The van der Waals surface area contributed by atoms with Gasteiger partial charge >= 0.3 is 5.97 Å². The van der Waals surface area contributed by atoms with Crippen LogP contribution >= 0.6 is 23.5 Å². The molecule has 0 aliphatic carbocycles. The average Bonchev–Trinajstić information content (AvgIpc) is 2.63. The molecule has 2 rings (SSSR count). The number of esters is 1. The number of amides is 1. The molecule has 0 saturated heterocycles. The number of hydrogen-bond acceptors (Lipinski definition) is 6. The molecule has 5 nitrogen and oxygen atoms in total. The van der Waals surface area contributed by atoms with E-state index in [-0.39, 0.29) is 6.61 Å². The predicted molar refractivity (Wildman–Crippen MR) is 104 cm³/mol. The molecule has 0 aromatic heterocycles. The third kappa shape index (κ3) is 6.14. The average molecular weight is 386 g/mol. The van der Waals surface area contributed by atoms with E-state index in [1.807, 2.05) is 48.7 Å². The van der Waals surface area contributed by atoms with Gasteiger partial charge in [0, 0.05) is 15.5 Å². The molecule has 0 aliphatic rings. The van der Waals surface area contributed by atoms with Crippen LogP contribution in [-0.2, 0) is 14.3 Å². The number of nitrogens with zero attached hydrogens (tertiary/aromatic N) is 1. The van der Waals surface area contributed by atoms with Crippen molar-refractivity contribution >= 4 is 41.1 Å². The molecule has 0 fully saturated rings. The van der Waals surface area contributed by atoms with Gasteiger partial charge in [0.15, 0.2) is 6.61 Å². The second-order valence-electron chi connectivity index (χ2n) is 5.40. The summed E-state index contributed by atoms with van der Waals surface area (Å²) in [5, 5.41) is 13.0. The van der Waals surface area contributed by atoms with Gasteiger partial charge in [-0.2, -0.15) is 5.26 Å². The van der Waals surface area contributed by atoms with Crippen molar-refractivity contribution in [2.75, 3.05) is 11.9 Å². The number of ether oxygens (including phenoxy) is 1. The molecule has 1 N–H and O–H groups in total. The quantitative estimate of drug-likeness (QED) is 0.436. The van der Waals surface area contributed by atoms with Gasteiger partial charge in [-0.05, 0) is 61.5 Å². The van der Waals surface area contributed by atoms with Gasteiger partial charge in [-0.25, -0.2) is 0 Å². The molecule has 0 unspecified atom stereocenters. The zero-order chi connectivity index (χ0) is 18.9. The Kier molecular flexibility index (Phi) is 7.57. The highest BCUT2D eigenvalue weighted by atomic mass is 32.2. The van der Waals surface area contributed by atoms with Crippen LogP contribution in [0.2, 0.25) is 0 Å². The summed E-state index contributed by atoms with van der Waals surface area (Å²) in [5.74, 6) is -0.842. The Hall–Kier alpha value is -2.43. The first kappa shape index (κ1) is 19.9. The first-order valence-corrected chi connectivity index (χ1v) is 9.54. The first-order valence-electron chi connectivity index (χ1n) is 7.84. The Labute approximate surface area is 161 Å². The van der Waals surface area contributed by atoms with E-state index >= 15 is 0 Å². The maximum Gasteiger partial charge on any atom is 0.319 e. The minimum absolute atomic E-state index is 0.341. The van der Waals surface area contributed by atoms with E-state index < -0.39 is 17.1 Å². The van der Waals surface area contributed by atoms with Crippen molar-refractivity contribution in [1.82, 2.24) is 0 Å². The number of nitriles is 1. The van der Waals surface area contributed by atoms with Crippen LogP contribution in [0.25, 0.3) is 0 Å². The van der Waals surface area contributed by atoms with Crippen LogP contribution in [0.3, 0.4) is 0 Å². The lowest BCUT2D eigenvalue weighted by Gasteiger charge is -2.12. The third-order valence-corrected chi connectivity index (χ3v) is 5.04. The lowest BCUT2D eigenvalue weighted by Crippen LogP contribution is -2.25. The Morgan fingerprint density at radius 3 is 2.58 bits per heavy atom. The van der Waals surface area contributed by atoms with Gasteiger partial charge in [0.2, 0.25) is 0 Å². The molecule has 7 heteroatoms. The molecule has 1 amide bonds. The largest absolute Gasteiger partial charge is 0.455 e. The number of thiocyanates is 1. The summed E-state index contributed by atoms with van der Waals surface area (Å²) in [7, 11) is 0. The number of anilines is 1. The molecule has 134 valence electrons. The maximum atomic E-state index is 12.0. The van der Waals surface area contributed by atoms with Crippen LogP contribution in [0.1, 0.15) is 12.5 Å². The van der Waals surface area contributed by atoms with Crippen molar-refractivity contribution in [2.24, 2.45) is 0 Å². The Morgan fingerprint density at radius 1 is 1.19 bits per heavy atom. The summed E-state index contributed by atoms with van der Waals surface area (Å²) in [4.78, 5) is 25.8. The van der Waals surface area contributed by atoms with Crippen LogP contribution in [0.15, 0.2) is 58.3 Å². The van der Waals surface area contributed by atoms with Gasteiger partial charge in [-0.1, -0.05) is 18.2 Å². The molecule has 0 heterocycles. The molecular weight excluding hydrogens is 368 g/mol. The van der Waals surface area contributed by atoms with Crippen LogP contribution < -0.4 is 5.32 Å². The Morgan fingerprint density at radius 2 is 1.92 bits per heavy atom. The van der Waals surface area contributed by atoms with E-state index in [0.29, 0.717) is 5.69 Å². The molecule has 1 atom stereocenters. The van der Waals surface area contributed by atoms with E-state index in [4.69, 9.17) is 10.00 Å². The maximum absolute atomic E-state index is 12.0. The van der Waals surface area contributed by atoms with Crippen LogP contribution in [0, 0.1) is 17.6 Å². The molecule has 2 aromatic carbocycles. The van der Waals surface area contributed by atoms with Crippen LogP contribution in [-0.4, -0.2) is 23.7 Å². The highest BCUT2D eigenvalue weighted by Crippen LogP contribution is 2.24. The second kappa shape index (κ2) is 9.90. The SMILES string of the molecule is Cc1cc(SC#N)ccc1NC(=O)COC(=O)[C@H](C)Sc1ccccc1. The number of rotatable bonds is 7. The highest BCUT2D eigenvalue weighted by Gasteiger charge is 2.17. The van der Waals surface area contributed by atoms with Gasteiger partial charge in [0.1, 0.15) is 10.7 Å². The minimum Gasteiger partial charge on any atom is -0.455 e. The monoisotopic (exact) mass is 386 g/mol. The summed E-state index contributed by atoms with van der Waals surface area (Å²) in [6.45, 7) is 3.24. The molecular formula is C19H18N2O3S2. The van der Waals surface area contributed by atoms with Gasteiger partial charge in [0.05, 0.1) is 0 Å².